The number of amides is 1. The van der Waals surface area contributed by atoms with Crippen LogP contribution in [-0.4, -0.2) is 52.3 Å². The molecule has 1 aliphatic heterocycles. The zero-order valence-corrected chi connectivity index (χ0v) is 17.7. The topological polar surface area (TPSA) is 90.4 Å². The molecule has 3 rings (SSSR count). The summed E-state index contributed by atoms with van der Waals surface area (Å²) in [6, 6.07) is 2.91. The molecule has 0 spiro atoms. The molecule has 0 bridgehead atoms. The summed E-state index contributed by atoms with van der Waals surface area (Å²) in [6.07, 6.45) is -2.56. The molecule has 7 nitrogen and oxygen atoms in total. The minimum absolute atomic E-state index is 0.144. The van der Waals surface area contributed by atoms with Crippen molar-refractivity contribution in [2.75, 3.05) is 25.5 Å². The van der Waals surface area contributed by atoms with Crippen molar-refractivity contribution in [2.45, 2.75) is 45.5 Å². The molecule has 1 unspecified atom stereocenters. The van der Waals surface area contributed by atoms with E-state index < -0.39 is 17.5 Å². The fourth-order valence-electron chi connectivity index (χ4n) is 3.74. The molecular formula is C21H26F3N5O2. The molecular weight excluding hydrogens is 411 g/mol. The lowest BCUT2D eigenvalue weighted by Crippen LogP contribution is -2.40. The van der Waals surface area contributed by atoms with E-state index in [1.165, 1.54) is 13.0 Å². The van der Waals surface area contributed by atoms with Crippen LogP contribution < -0.4 is 10.6 Å². The van der Waals surface area contributed by atoms with E-state index in [2.05, 4.69) is 25.7 Å². The molecule has 2 aromatic rings. The molecule has 0 aliphatic carbocycles. The van der Waals surface area contributed by atoms with Gasteiger partial charge in [0.25, 0.3) is 0 Å². The van der Waals surface area contributed by atoms with Gasteiger partial charge in [0, 0.05) is 37.2 Å². The van der Waals surface area contributed by atoms with Gasteiger partial charge in [0.1, 0.15) is 11.4 Å². The number of piperidine rings is 1. The Bertz CT molecular complexity index is 965. The second-order valence-corrected chi connectivity index (χ2v) is 7.89. The van der Waals surface area contributed by atoms with E-state index in [1.54, 1.807) is 6.92 Å². The minimum atomic E-state index is -4.56. The van der Waals surface area contributed by atoms with Gasteiger partial charge in [-0.3, -0.25) is 4.79 Å². The first-order valence-electron chi connectivity index (χ1n) is 10.0. The van der Waals surface area contributed by atoms with Crippen LogP contribution in [0.4, 0.5) is 19.0 Å². The Morgan fingerprint density at radius 2 is 2.06 bits per heavy atom. The molecule has 2 heterocycles. The number of halogens is 3. The molecule has 168 valence electrons. The van der Waals surface area contributed by atoms with Gasteiger partial charge >= 0.3 is 6.18 Å². The molecule has 10 heteroatoms. The van der Waals surface area contributed by atoms with Crippen molar-refractivity contribution in [1.29, 1.82) is 0 Å². The number of nitrogens with one attached hydrogen (secondary N) is 2. The number of likely N-dealkylation sites (N-methyl/N-ethyl adjacent to an activating group) is 1. The highest BCUT2D eigenvalue weighted by Crippen LogP contribution is 2.37. The number of anilines is 1. The van der Waals surface area contributed by atoms with E-state index in [9.17, 15) is 23.1 Å². The molecule has 0 saturated carbocycles. The first kappa shape index (κ1) is 22.8. The highest BCUT2D eigenvalue weighted by atomic mass is 19.4. The first-order valence-corrected chi connectivity index (χ1v) is 10.0. The number of rotatable bonds is 5. The smallest absolute Gasteiger partial charge is 0.416 e. The van der Waals surface area contributed by atoms with E-state index in [1.807, 2.05) is 7.05 Å². The number of alkyl halides is 3. The van der Waals surface area contributed by atoms with E-state index in [4.69, 9.17) is 0 Å². The predicted molar refractivity (Wildman–Crippen MR) is 111 cm³/mol. The normalized spacial score (nSPS) is 17.4. The van der Waals surface area contributed by atoms with Gasteiger partial charge in [0.15, 0.2) is 5.82 Å². The number of hydrogen-bond donors (Lipinski definition) is 3. The van der Waals surface area contributed by atoms with Crippen LogP contribution in [-0.2, 0) is 17.5 Å². The number of aromatic hydroxyl groups is 1. The lowest BCUT2D eigenvalue weighted by molar-refractivity contribution is -0.137. The summed E-state index contributed by atoms with van der Waals surface area (Å²) < 4.78 is 38.8. The van der Waals surface area contributed by atoms with Crippen molar-refractivity contribution in [1.82, 2.24) is 20.4 Å². The van der Waals surface area contributed by atoms with Crippen LogP contribution in [0.3, 0.4) is 0 Å². The van der Waals surface area contributed by atoms with Gasteiger partial charge in [-0.15, -0.1) is 10.2 Å². The van der Waals surface area contributed by atoms with Crippen molar-refractivity contribution in [2.24, 2.45) is 0 Å². The summed E-state index contributed by atoms with van der Waals surface area (Å²) in [5.41, 5.74) is 0.750. The molecule has 3 N–H and O–H groups in total. The van der Waals surface area contributed by atoms with Crippen LogP contribution in [0.15, 0.2) is 18.2 Å². The monoisotopic (exact) mass is 437 g/mol. The Kier molecular flexibility index (Phi) is 6.68. The summed E-state index contributed by atoms with van der Waals surface area (Å²) in [5, 5.41) is 24.8. The van der Waals surface area contributed by atoms with Crippen LogP contribution in [0.25, 0.3) is 11.3 Å². The average molecular weight is 437 g/mol. The van der Waals surface area contributed by atoms with Crippen molar-refractivity contribution in [3.8, 4) is 17.0 Å². The second-order valence-electron chi connectivity index (χ2n) is 7.89. The number of likely N-dealkylation sites (tertiary alicyclic amines) is 1. The predicted octanol–water partition coefficient (Wildman–Crippen LogP) is 3.32. The van der Waals surface area contributed by atoms with E-state index in [-0.39, 0.29) is 29.8 Å². The van der Waals surface area contributed by atoms with Gasteiger partial charge in [-0.25, -0.2) is 0 Å². The Labute approximate surface area is 178 Å². The molecule has 1 amide bonds. The zero-order chi connectivity index (χ0) is 22.8. The maximum Gasteiger partial charge on any atom is 0.416 e. The molecule has 1 saturated heterocycles. The van der Waals surface area contributed by atoms with Gasteiger partial charge in [-0.05, 0) is 57.1 Å². The van der Waals surface area contributed by atoms with Crippen molar-refractivity contribution >= 4 is 11.7 Å². The van der Waals surface area contributed by atoms with Crippen molar-refractivity contribution < 1.29 is 23.1 Å². The standard InChI is InChI=1S/C21H26F3N5O2/c1-12-17(10-25-13(2)30)20(26-15-5-4-8-29(3)11-15)28-27-19(12)16-7-6-14(9-18(16)31)21(22,23)24/h6-7,9,15,31H,4-5,8,10-11H2,1-3H3,(H,25,30)(H,26,28). The zero-order valence-electron chi connectivity index (χ0n) is 17.7. The van der Waals surface area contributed by atoms with Crippen LogP contribution in [0.5, 0.6) is 5.75 Å². The molecule has 0 radical (unpaired) electrons. The minimum Gasteiger partial charge on any atom is -0.507 e. The largest absolute Gasteiger partial charge is 0.507 e. The SMILES string of the molecule is CC(=O)NCc1c(NC2CCCN(C)C2)nnc(-c2ccc(C(F)(F)F)cc2O)c1C. The lowest BCUT2D eigenvalue weighted by Gasteiger charge is -2.31. The van der Waals surface area contributed by atoms with Gasteiger partial charge in [-0.1, -0.05) is 0 Å². The Hall–Kier alpha value is -2.88. The fraction of sp³-hybridized carbons (Fsp3) is 0.476. The van der Waals surface area contributed by atoms with Crippen molar-refractivity contribution in [3.63, 3.8) is 0 Å². The number of phenolic OH excluding ortho intramolecular Hbond substituents is 1. The van der Waals surface area contributed by atoms with E-state index in [0.717, 1.165) is 32.0 Å². The van der Waals surface area contributed by atoms with Crippen LogP contribution in [0, 0.1) is 6.92 Å². The van der Waals surface area contributed by atoms with Gasteiger partial charge in [0.05, 0.1) is 5.56 Å². The number of phenols is 1. The summed E-state index contributed by atoms with van der Waals surface area (Å²) in [4.78, 5) is 13.7. The first-order chi connectivity index (χ1) is 14.6. The number of benzene rings is 1. The van der Waals surface area contributed by atoms with E-state index >= 15 is 0 Å². The third-order valence-electron chi connectivity index (χ3n) is 5.40. The maximum absolute atomic E-state index is 12.9. The lowest BCUT2D eigenvalue weighted by atomic mass is 9.99. The molecule has 1 fully saturated rings. The van der Waals surface area contributed by atoms with Gasteiger partial charge in [-0.2, -0.15) is 13.2 Å². The van der Waals surface area contributed by atoms with Gasteiger partial charge < -0.3 is 20.6 Å². The Morgan fingerprint density at radius 3 is 2.68 bits per heavy atom. The third-order valence-corrected chi connectivity index (χ3v) is 5.40. The number of nitrogens with zero attached hydrogens (tertiary/aromatic N) is 3. The molecule has 1 aromatic heterocycles. The van der Waals surface area contributed by atoms with Gasteiger partial charge in [0.2, 0.25) is 5.91 Å². The fourth-order valence-corrected chi connectivity index (χ4v) is 3.74. The molecule has 1 atom stereocenters. The van der Waals surface area contributed by atoms with Crippen LogP contribution in [0.2, 0.25) is 0 Å². The Morgan fingerprint density at radius 1 is 1.32 bits per heavy atom. The average Bonchev–Trinajstić information content (AvgIpc) is 2.67. The quantitative estimate of drug-likeness (QED) is 0.665. The number of hydrogen-bond acceptors (Lipinski definition) is 6. The summed E-state index contributed by atoms with van der Waals surface area (Å²) in [6.45, 7) is 5.18. The highest BCUT2D eigenvalue weighted by Gasteiger charge is 2.31. The summed E-state index contributed by atoms with van der Waals surface area (Å²) in [5.74, 6) is -0.243. The van der Waals surface area contributed by atoms with Crippen molar-refractivity contribution in [3.05, 3.63) is 34.9 Å². The van der Waals surface area contributed by atoms with E-state index in [0.29, 0.717) is 23.0 Å². The third kappa shape index (κ3) is 5.43. The summed E-state index contributed by atoms with van der Waals surface area (Å²) >= 11 is 0. The number of carbonyl (C=O) groups is 1. The molecule has 1 aliphatic rings. The maximum atomic E-state index is 12.9. The Balaban J connectivity index is 1.99. The molecule has 31 heavy (non-hydrogen) atoms. The summed E-state index contributed by atoms with van der Waals surface area (Å²) in [7, 11) is 2.04. The number of carbonyl (C=O) groups excluding carboxylic acids is 1. The number of aromatic nitrogens is 2. The second kappa shape index (κ2) is 9.09. The highest BCUT2D eigenvalue weighted by molar-refractivity contribution is 5.75. The molecule has 1 aromatic carbocycles. The van der Waals surface area contributed by atoms with Crippen LogP contribution >= 0.6 is 0 Å². The van der Waals surface area contributed by atoms with Crippen LogP contribution in [0.1, 0.15) is 36.5 Å².